The molecule has 1 aliphatic rings. The summed E-state index contributed by atoms with van der Waals surface area (Å²) in [6, 6.07) is 0. The zero-order chi connectivity index (χ0) is 13.9. The Labute approximate surface area is 112 Å². The molecule has 1 aliphatic heterocycles. The number of hydrogen-bond donors (Lipinski definition) is 1. The molecule has 19 heavy (non-hydrogen) atoms. The second kappa shape index (κ2) is 5.77. The number of rotatable bonds is 5. The van der Waals surface area contributed by atoms with Gasteiger partial charge in [-0.05, 0) is 12.8 Å². The van der Waals surface area contributed by atoms with E-state index in [1.54, 1.807) is 4.90 Å². The lowest BCUT2D eigenvalue weighted by atomic mass is 10.4. The molecule has 0 saturated carbocycles. The third-order valence-corrected chi connectivity index (χ3v) is 3.84. The van der Waals surface area contributed by atoms with Crippen LogP contribution in [0.5, 0.6) is 0 Å². The Bertz CT molecular complexity index is 447. The van der Waals surface area contributed by atoms with Crippen molar-refractivity contribution in [3.8, 4) is 0 Å². The Morgan fingerprint density at radius 2 is 2.26 bits per heavy atom. The number of likely N-dealkylation sites (tertiary alicyclic amines) is 1. The van der Waals surface area contributed by atoms with Crippen molar-refractivity contribution in [1.82, 2.24) is 9.88 Å². The number of carbonyl (C=O) groups excluding carboxylic acids is 1. The number of nitrogens with one attached hydrogen (secondary N) is 1. The molecule has 1 saturated heterocycles. The average Bonchev–Trinajstić information content (AvgIpc) is 2.93. The van der Waals surface area contributed by atoms with E-state index in [1.165, 1.54) is 0 Å². The Kier molecular flexibility index (Phi) is 4.28. The number of carbonyl (C=O) groups is 1. The van der Waals surface area contributed by atoms with Gasteiger partial charge in [-0.1, -0.05) is 11.3 Å². The molecule has 0 aliphatic carbocycles. The van der Waals surface area contributed by atoms with Gasteiger partial charge in [-0.15, -0.1) is 0 Å². The predicted molar refractivity (Wildman–Crippen MR) is 66.0 cm³/mol. The van der Waals surface area contributed by atoms with Crippen molar-refractivity contribution in [3.05, 3.63) is 11.1 Å². The number of anilines is 1. The lowest BCUT2D eigenvalue weighted by molar-refractivity contribution is -0.134. The summed E-state index contributed by atoms with van der Waals surface area (Å²) >= 11 is 0.595. The SMILES string of the molecule is O=C1CCCN1CCCNc1ncc(C(F)(F)F)s1. The average molecular weight is 293 g/mol. The zero-order valence-corrected chi connectivity index (χ0v) is 11.0. The van der Waals surface area contributed by atoms with Gasteiger partial charge in [-0.2, -0.15) is 13.2 Å². The first kappa shape index (κ1) is 14.1. The van der Waals surface area contributed by atoms with Gasteiger partial charge in [0.15, 0.2) is 5.13 Å². The molecule has 8 heteroatoms. The molecule has 0 atom stereocenters. The first-order valence-electron chi connectivity index (χ1n) is 6.01. The van der Waals surface area contributed by atoms with E-state index in [9.17, 15) is 18.0 Å². The Balaban J connectivity index is 1.71. The first-order valence-corrected chi connectivity index (χ1v) is 6.83. The maximum absolute atomic E-state index is 12.3. The van der Waals surface area contributed by atoms with Crippen molar-refractivity contribution < 1.29 is 18.0 Å². The van der Waals surface area contributed by atoms with E-state index >= 15 is 0 Å². The second-order valence-electron chi connectivity index (χ2n) is 4.29. The standard InChI is InChI=1S/C11H14F3N3OS/c12-11(13,14)8-7-16-10(19-8)15-4-2-6-17-5-1-3-9(17)18/h7H,1-6H2,(H,15,16). The number of aromatic nitrogens is 1. The summed E-state index contributed by atoms with van der Waals surface area (Å²) in [6.45, 7) is 1.94. The molecular weight excluding hydrogens is 279 g/mol. The molecule has 1 aromatic rings. The van der Waals surface area contributed by atoms with E-state index in [0.717, 1.165) is 19.2 Å². The fourth-order valence-corrected chi connectivity index (χ4v) is 2.60. The van der Waals surface area contributed by atoms with E-state index in [2.05, 4.69) is 10.3 Å². The molecule has 0 bridgehead atoms. The molecule has 0 unspecified atom stereocenters. The van der Waals surface area contributed by atoms with Gasteiger partial charge in [0.2, 0.25) is 5.91 Å². The van der Waals surface area contributed by atoms with Crippen LogP contribution in [0.25, 0.3) is 0 Å². The van der Waals surface area contributed by atoms with E-state index < -0.39 is 11.1 Å². The molecule has 1 fully saturated rings. The quantitative estimate of drug-likeness (QED) is 0.849. The summed E-state index contributed by atoms with van der Waals surface area (Å²) in [5.74, 6) is 0.161. The van der Waals surface area contributed by atoms with Crippen molar-refractivity contribution in [1.29, 1.82) is 0 Å². The van der Waals surface area contributed by atoms with Gasteiger partial charge < -0.3 is 10.2 Å². The van der Waals surface area contributed by atoms with Crippen molar-refractivity contribution in [2.75, 3.05) is 25.0 Å². The van der Waals surface area contributed by atoms with Crippen LogP contribution in [0.4, 0.5) is 18.3 Å². The fourth-order valence-electron chi connectivity index (χ4n) is 1.89. The summed E-state index contributed by atoms with van der Waals surface area (Å²) in [7, 11) is 0. The third kappa shape index (κ3) is 3.82. The van der Waals surface area contributed by atoms with Crippen LogP contribution in [0.15, 0.2) is 6.20 Å². The topological polar surface area (TPSA) is 45.2 Å². The highest BCUT2D eigenvalue weighted by atomic mass is 32.1. The van der Waals surface area contributed by atoms with Crippen LogP contribution in [0, 0.1) is 0 Å². The van der Waals surface area contributed by atoms with Gasteiger partial charge >= 0.3 is 6.18 Å². The largest absolute Gasteiger partial charge is 0.427 e. The van der Waals surface area contributed by atoms with Crippen LogP contribution < -0.4 is 5.32 Å². The van der Waals surface area contributed by atoms with Gasteiger partial charge in [0.25, 0.3) is 0 Å². The summed E-state index contributed by atoms with van der Waals surface area (Å²) in [4.78, 5) is 16.1. The van der Waals surface area contributed by atoms with Crippen LogP contribution >= 0.6 is 11.3 Å². The lowest BCUT2D eigenvalue weighted by Gasteiger charge is -2.14. The number of amides is 1. The van der Waals surface area contributed by atoms with E-state index in [0.29, 0.717) is 37.3 Å². The van der Waals surface area contributed by atoms with Crippen LogP contribution in [-0.4, -0.2) is 35.4 Å². The highest BCUT2D eigenvalue weighted by Crippen LogP contribution is 2.34. The summed E-state index contributed by atoms with van der Waals surface area (Å²) in [5.41, 5.74) is 0. The van der Waals surface area contributed by atoms with Gasteiger partial charge in [0, 0.05) is 26.1 Å². The highest BCUT2D eigenvalue weighted by molar-refractivity contribution is 7.15. The van der Waals surface area contributed by atoms with Crippen LogP contribution in [0.3, 0.4) is 0 Å². The molecule has 1 N–H and O–H groups in total. The zero-order valence-electron chi connectivity index (χ0n) is 10.2. The smallest absolute Gasteiger partial charge is 0.361 e. The van der Waals surface area contributed by atoms with E-state index in [1.807, 2.05) is 0 Å². The Hall–Kier alpha value is -1.31. The number of alkyl halides is 3. The molecule has 4 nitrogen and oxygen atoms in total. The second-order valence-corrected chi connectivity index (χ2v) is 5.32. The Morgan fingerprint density at radius 1 is 1.47 bits per heavy atom. The molecule has 2 rings (SSSR count). The van der Waals surface area contributed by atoms with Crippen molar-refractivity contribution in [2.45, 2.75) is 25.4 Å². The highest BCUT2D eigenvalue weighted by Gasteiger charge is 2.33. The van der Waals surface area contributed by atoms with Crippen molar-refractivity contribution in [2.24, 2.45) is 0 Å². The van der Waals surface area contributed by atoms with Crippen LogP contribution in [0.2, 0.25) is 0 Å². The fraction of sp³-hybridized carbons (Fsp3) is 0.636. The number of halogens is 3. The normalized spacial score (nSPS) is 16.2. The maximum Gasteiger partial charge on any atom is 0.427 e. The van der Waals surface area contributed by atoms with E-state index in [-0.39, 0.29) is 11.0 Å². The molecule has 0 spiro atoms. The van der Waals surface area contributed by atoms with Gasteiger partial charge in [-0.3, -0.25) is 4.79 Å². The van der Waals surface area contributed by atoms with Gasteiger partial charge in [-0.25, -0.2) is 4.98 Å². The van der Waals surface area contributed by atoms with Gasteiger partial charge in [0.1, 0.15) is 4.88 Å². The van der Waals surface area contributed by atoms with Crippen LogP contribution in [0.1, 0.15) is 24.1 Å². The molecule has 0 radical (unpaired) electrons. The predicted octanol–water partition coefficient (Wildman–Crippen LogP) is 2.59. The molecule has 0 aromatic carbocycles. The lowest BCUT2D eigenvalue weighted by Crippen LogP contribution is -2.26. The number of hydrogen-bond acceptors (Lipinski definition) is 4. The monoisotopic (exact) mass is 293 g/mol. The maximum atomic E-state index is 12.3. The molecule has 106 valence electrons. The van der Waals surface area contributed by atoms with E-state index in [4.69, 9.17) is 0 Å². The molecule has 2 heterocycles. The number of thiazole rings is 1. The number of nitrogens with zero attached hydrogens (tertiary/aromatic N) is 2. The minimum Gasteiger partial charge on any atom is -0.361 e. The minimum absolute atomic E-state index is 0.161. The summed E-state index contributed by atoms with van der Waals surface area (Å²) < 4.78 is 37.0. The van der Waals surface area contributed by atoms with Gasteiger partial charge in [0.05, 0.1) is 6.20 Å². The third-order valence-electron chi connectivity index (χ3n) is 2.84. The minimum atomic E-state index is -4.33. The first-order chi connectivity index (χ1) is 8.97. The summed E-state index contributed by atoms with van der Waals surface area (Å²) in [6.07, 6.45) is -1.30. The Morgan fingerprint density at radius 3 is 2.84 bits per heavy atom. The van der Waals surface area contributed by atoms with Crippen molar-refractivity contribution >= 4 is 22.4 Å². The van der Waals surface area contributed by atoms with Crippen molar-refractivity contribution in [3.63, 3.8) is 0 Å². The molecule has 1 aromatic heterocycles. The van der Waals surface area contributed by atoms with Crippen LogP contribution in [-0.2, 0) is 11.0 Å². The molecular formula is C11H14F3N3OS. The molecule has 1 amide bonds. The summed E-state index contributed by atoms with van der Waals surface area (Å²) in [5, 5.41) is 3.11.